The third-order valence-electron chi connectivity index (χ3n) is 3.06. The second kappa shape index (κ2) is 4.03. The average Bonchev–Trinajstić information content (AvgIpc) is 2.73. The number of hydrogen-bond acceptors (Lipinski definition) is 4. The highest BCUT2D eigenvalue weighted by Crippen LogP contribution is 2.28. The van der Waals surface area contributed by atoms with Gasteiger partial charge < -0.3 is 9.80 Å². The number of hydrogen-bond donors (Lipinski definition) is 0. The summed E-state index contributed by atoms with van der Waals surface area (Å²) < 4.78 is 1.29. The van der Waals surface area contributed by atoms with Crippen molar-refractivity contribution in [1.29, 1.82) is 0 Å². The van der Waals surface area contributed by atoms with E-state index < -0.39 is 0 Å². The van der Waals surface area contributed by atoms with E-state index in [0.717, 1.165) is 31.7 Å². The number of piperazine rings is 1. The molecule has 4 heteroatoms. The molecule has 1 fully saturated rings. The minimum Gasteiger partial charge on any atom is -0.345 e. The van der Waals surface area contributed by atoms with Crippen molar-refractivity contribution in [2.75, 3.05) is 38.1 Å². The van der Waals surface area contributed by atoms with Gasteiger partial charge in [-0.15, -0.1) is 0 Å². The number of nitrogens with zero attached hydrogens (tertiary/aromatic N) is 3. The van der Waals surface area contributed by atoms with Gasteiger partial charge in [0.2, 0.25) is 0 Å². The first-order valence-corrected chi connectivity index (χ1v) is 6.44. The number of benzene rings is 1. The summed E-state index contributed by atoms with van der Waals surface area (Å²) in [7, 11) is 2.18. The Morgan fingerprint density at radius 3 is 2.62 bits per heavy atom. The normalized spacial score (nSPS) is 18.2. The highest BCUT2D eigenvalue weighted by molar-refractivity contribution is 7.22. The van der Waals surface area contributed by atoms with Gasteiger partial charge in [0.15, 0.2) is 5.13 Å². The summed E-state index contributed by atoms with van der Waals surface area (Å²) in [6, 6.07) is 8.36. The number of para-hydroxylation sites is 1. The molecule has 0 saturated carbocycles. The van der Waals surface area contributed by atoms with E-state index in [0.29, 0.717) is 0 Å². The van der Waals surface area contributed by atoms with Gasteiger partial charge in [-0.05, 0) is 19.2 Å². The Morgan fingerprint density at radius 1 is 1.12 bits per heavy atom. The number of likely N-dealkylation sites (N-methyl/N-ethyl adjacent to an activating group) is 1. The van der Waals surface area contributed by atoms with Gasteiger partial charge in [-0.1, -0.05) is 23.5 Å². The van der Waals surface area contributed by atoms with Crippen molar-refractivity contribution in [3.8, 4) is 0 Å². The Bertz CT molecular complexity index is 453. The molecular formula is C12H15N3S. The van der Waals surface area contributed by atoms with Crippen LogP contribution < -0.4 is 4.90 Å². The monoisotopic (exact) mass is 233 g/mol. The van der Waals surface area contributed by atoms with Gasteiger partial charge in [0, 0.05) is 26.2 Å². The number of rotatable bonds is 1. The molecule has 1 aliphatic heterocycles. The molecule has 2 heterocycles. The van der Waals surface area contributed by atoms with Crippen LogP contribution in [0, 0.1) is 0 Å². The fourth-order valence-electron chi connectivity index (χ4n) is 1.99. The third kappa shape index (κ3) is 1.79. The van der Waals surface area contributed by atoms with E-state index in [1.165, 1.54) is 9.83 Å². The van der Waals surface area contributed by atoms with Crippen LogP contribution in [0.3, 0.4) is 0 Å². The molecule has 3 nitrogen and oxygen atoms in total. The molecule has 0 amide bonds. The summed E-state index contributed by atoms with van der Waals surface area (Å²) in [5.41, 5.74) is 1.13. The molecule has 0 atom stereocenters. The molecule has 1 aromatic heterocycles. The van der Waals surface area contributed by atoms with Crippen molar-refractivity contribution in [2.24, 2.45) is 0 Å². The van der Waals surface area contributed by atoms with Crippen LogP contribution in [0.4, 0.5) is 5.13 Å². The zero-order valence-electron chi connectivity index (χ0n) is 9.39. The van der Waals surface area contributed by atoms with Gasteiger partial charge in [0.25, 0.3) is 0 Å². The fourth-order valence-corrected chi connectivity index (χ4v) is 3.01. The lowest BCUT2D eigenvalue weighted by Gasteiger charge is -2.31. The maximum absolute atomic E-state index is 4.69. The minimum atomic E-state index is 1.09. The van der Waals surface area contributed by atoms with Crippen LogP contribution in [-0.4, -0.2) is 43.1 Å². The predicted octanol–water partition coefficient (Wildman–Crippen LogP) is 2.05. The molecule has 0 unspecified atom stereocenters. The SMILES string of the molecule is CN1CCN(c2nc3ccccc3s2)CC1. The van der Waals surface area contributed by atoms with Crippen molar-refractivity contribution in [3.05, 3.63) is 24.3 Å². The van der Waals surface area contributed by atoms with Crippen molar-refractivity contribution in [2.45, 2.75) is 0 Å². The van der Waals surface area contributed by atoms with Crippen LogP contribution in [0.15, 0.2) is 24.3 Å². The smallest absolute Gasteiger partial charge is 0.186 e. The van der Waals surface area contributed by atoms with Gasteiger partial charge in [0.05, 0.1) is 10.2 Å². The van der Waals surface area contributed by atoms with Crippen molar-refractivity contribution >= 4 is 26.7 Å². The minimum absolute atomic E-state index is 1.09. The van der Waals surface area contributed by atoms with Gasteiger partial charge >= 0.3 is 0 Å². The van der Waals surface area contributed by atoms with Crippen LogP contribution in [0.2, 0.25) is 0 Å². The molecule has 1 aliphatic rings. The quantitative estimate of drug-likeness (QED) is 0.751. The van der Waals surface area contributed by atoms with E-state index in [2.05, 4.69) is 46.1 Å². The Kier molecular flexibility index (Phi) is 2.53. The van der Waals surface area contributed by atoms with E-state index in [1.807, 2.05) is 0 Å². The van der Waals surface area contributed by atoms with E-state index in [4.69, 9.17) is 0 Å². The maximum Gasteiger partial charge on any atom is 0.186 e. The Hall–Kier alpha value is -1.13. The third-order valence-corrected chi connectivity index (χ3v) is 4.15. The molecule has 2 aromatic rings. The summed E-state index contributed by atoms with van der Waals surface area (Å²) in [5.74, 6) is 0. The number of aromatic nitrogens is 1. The molecule has 1 saturated heterocycles. The number of anilines is 1. The maximum atomic E-state index is 4.69. The first-order chi connectivity index (χ1) is 7.83. The zero-order chi connectivity index (χ0) is 11.0. The van der Waals surface area contributed by atoms with Crippen LogP contribution in [0.5, 0.6) is 0 Å². The van der Waals surface area contributed by atoms with E-state index in [1.54, 1.807) is 11.3 Å². The van der Waals surface area contributed by atoms with Crippen LogP contribution in [-0.2, 0) is 0 Å². The van der Waals surface area contributed by atoms with Gasteiger partial charge in [-0.2, -0.15) is 0 Å². The lowest BCUT2D eigenvalue weighted by atomic mass is 10.3. The zero-order valence-corrected chi connectivity index (χ0v) is 10.2. The van der Waals surface area contributed by atoms with Crippen molar-refractivity contribution < 1.29 is 0 Å². The molecule has 0 radical (unpaired) electrons. The Morgan fingerprint density at radius 2 is 1.88 bits per heavy atom. The molecular weight excluding hydrogens is 218 g/mol. The lowest BCUT2D eigenvalue weighted by Crippen LogP contribution is -2.44. The van der Waals surface area contributed by atoms with E-state index in [-0.39, 0.29) is 0 Å². The first kappa shape index (κ1) is 10.1. The predicted molar refractivity (Wildman–Crippen MR) is 69.3 cm³/mol. The molecule has 84 valence electrons. The van der Waals surface area contributed by atoms with Gasteiger partial charge in [-0.3, -0.25) is 0 Å². The average molecular weight is 233 g/mol. The first-order valence-electron chi connectivity index (χ1n) is 5.62. The molecule has 0 spiro atoms. The highest BCUT2D eigenvalue weighted by Gasteiger charge is 2.17. The summed E-state index contributed by atoms with van der Waals surface area (Å²) in [6.07, 6.45) is 0. The van der Waals surface area contributed by atoms with Gasteiger partial charge in [0.1, 0.15) is 0 Å². The number of thiazole rings is 1. The standard InChI is InChI=1S/C12H15N3S/c1-14-6-8-15(9-7-14)12-13-10-4-2-3-5-11(10)16-12/h2-5H,6-9H2,1H3. The Labute approximate surface area is 99.3 Å². The summed E-state index contributed by atoms with van der Waals surface area (Å²) in [6.45, 7) is 4.46. The van der Waals surface area contributed by atoms with E-state index >= 15 is 0 Å². The molecule has 3 rings (SSSR count). The fraction of sp³-hybridized carbons (Fsp3) is 0.417. The van der Waals surface area contributed by atoms with E-state index in [9.17, 15) is 0 Å². The molecule has 0 N–H and O–H groups in total. The molecule has 1 aromatic carbocycles. The second-order valence-electron chi connectivity index (χ2n) is 4.25. The van der Waals surface area contributed by atoms with Crippen LogP contribution in [0.1, 0.15) is 0 Å². The Balaban J connectivity index is 1.88. The summed E-state index contributed by atoms with van der Waals surface area (Å²) in [5, 5.41) is 1.18. The number of fused-ring (bicyclic) bond motifs is 1. The molecule has 0 aliphatic carbocycles. The second-order valence-corrected chi connectivity index (χ2v) is 5.26. The largest absolute Gasteiger partial charge is 0.345 e. The van der Waals surface area contributed by atoms with Crippen molar-refractivity contribution in [1.82, 2.24) is 9.88 Å². The molecule has 16 heavy (non-hydrogen) atoms. The summed E-state index contributed by atoms with van der Waals surface area (Å²) in [4.78, 5) is 9.45. The highest BCUT2D eigenvalue weighted by atomic mass is 32.1. The summed E-state index contributed by atoms with van der Waals surface area (Å²) >= 11 is 1.80. The lowest BCUT2D eigenvalue weighted by molar-refractivity contribution is 0.313. The van der Waals surface area contributed by atoms with Crippen LogP contribution in [0.25, 0.3) is 10.2 Å². The van der Waals surface area contributed by atoms with Gasteiger partial charge in [-0.25, -0.2) is 4.98 Å². The molecule has 0 bridgehead atoms. The van der Waals surface area contributed by atoms with Crippen molar-refractivity contribution in [3.63, 3.8) is 0 Å². The van der Waals surface area contributed by atoms with Crippen LogP contribution >= 0.6 is 11.3 Å². The topological polar surface area (TPSA) is 19.4 Å².